The number of aryl methyl sites for hydroxylation is 1. The second-order valence-corrected chi connectivity index (χ2v) is 6.22. The molecule has 0 bridgehead atoms. The van der Waals surface area contributed by atoms with E-state index in [9.17, 15) is 4.79 Å². The first-order chi connectivity index (χ1) is 12.6. The molecule has 1 N–H and O–H groups in total. The van der Waals surface area contributed by atoms with Gasteiger partial charge in [-0.05, 0) is 56.7 Å². The Bertz CT molecular complexity index is 667. The molecular weight excluding hydrogens is 330 g/mol. The van der Waals surface area contributed by atoms with Crippen molar-refractivity contribution in [3.8, 4) is 17.2 Å². The van der Waals surface area contributed by atoms with Crippen molar-refractivity contribution in [2.45, 2.75) is 32.7 Å². The minimum atomic E-state index is -0.0497. The maximum absolute atomic E-state index is 12.0. The topological polar surface area (TPSA) is 56.8 Å². The summed E-state index contributed by atoms with van der Waals surface area (Å²) in [5.74, 6) is 2.37. The van der Waals surface area contributed by atoms with Gasteiger partial charge in [0.2, 0.25) is 5.91 Å². The lowest BCUT2D eigenvalue weighted by Crippen LogP contribution is -2.36. The molecule has 2 aromatic rings. The normalized spacial score (nSPS) is 11.5. The smallest absolute Gasteiger partial charge is 0.220 e. The molecule has 0 aliphatic rings. The minimum Gasteiger partial charge on any atom is -0.497 e. The molecule has 0 aromatic heterocycles. The average Bonchev–Trinajstić information content (AvgIpc) is 2.65. The maximum Gasteiger partial charge on any atom is 0.220 e. The SMILES string of the molecule is COc1ccc(OCCCC(=O)N[C@@H](C)COc2ccc(C)cc2)cc1. The number of carbonyl (C=O) groups is 1. The van der Waals surface area contributed by atoms with Crippen LogP contribution in [0.5, 0.6) is 17.2 Å². The Labute approximate surface area is 155 Å². The number of ether oxygens (including phenoxy) is 3. The summed E-state index contributed by atoms with van der Waals surface area (Å²) in [4.78, 5) is 12.0. The van der Waals surface area contributed by atoms with E-state index in [1.165, 1.54) is 5.56 Å². The van der Waals surface area contributed by atoms with Crippen LogP contribution in [-0.4, -0.2) is 32.3 Å². The number of hydrogen-bond acceptors (Lipinski definition) is 4. The molecule has 0 fully saturated rings. The number of hydrogen-bond donors (Lipinski definition) is 1. The fourth-order valence-corrected chi connectivity index (χ4v) is 2.34. The fraction of sp³-hybridized carbons (Fsp3) is 0.381. The predicted octanol–water partition coefficient (Wildman–Crippen LogP) is 3.75. The van der Waals surface area contributed by atoms with Gasteiger partial charge in [-0.25, -0.2) is 0 Å². The third-order valence-corrected chi connectivity index (χ3v) is 3.80. The highest BCUT2D eigenvalue weighted by molar-refractivity contribution is 5.76. The van der Waals surface area contributed by atoms with E-state index >= 15 is 0 Å². The first-order valence-corrected chi connectivity index (χ1v) is 8.82. The lowest BCUT2D eigenvalue weighted by Gasteiger charge is -2.15. The summed E-state index contributed by atoms with van der Waals surface area (Å²) in [6, 6.07) is 15.2. The summed E-state index contributed by atoms with van der Waals surface area (Å²) in [6.07, 6.45) is 1.08. The second kappa shape index (κ2) is 10.3. The second-order valence-electron chi connectivity index (χ2n) is 6.22. The van der Waals surface area contributed by atoms with Gasteiger partial charge in [-0.15, -0.1) is 0 Å². The fourth-order valence-electron chi connectivity index (χ4n) is 2.34. The number of carbonyl (C=O) groups excluding carboxylic acids is 1. The monoisotopic (exact) mass is 357 g/mol. The molecule has 0 saturated carbocycles. The van der Waals surface area contributed by atoms with E-state index in [0.717, 1.165) is 17.2 Å². The van der Waals surface area contributed by atoms with E-state index in [-0.39, 0.29) is 11.9 Å². The molecule has 26 heavy (non-hydrogen) atoms. The number of methoxy groups -OCH3 is 1. The van der Waals surface area contributed by atoms with Crippen LogP contribution in [0.25, 0.3) is 0 Å². The van der Waals surface area contributed by atoms with Crippen molar-refractivity contribution < 1.29 is 19.0 Å². The van der Waals surface area contributed by atoms with Crippen LogP contribution >= 0.6 is 0 Å². The van der Waals surface area contributed by atoms with Crippen LogP contribution in [0.1, 0.15) is 25.3 Å². The summed E-state index contributed by atoms with van der Waals surface area (Å²) in [5, 5.41) is 2.94. The number of amides is 1. The lowest BCUT2D eigenvalue weighted by molar-refractivity contribution is -0.122. The maximum atomic E-state index is 12.0. The summed E-state index contributed by atoms with van der Waals surface area (Å²) >= 11 is 0. The van der Waals surface area contributed by atoms with Crippen LogP contribution in [0.15, 0.2) is 48.5 Å². The number of benzene rings is 2. The summed E-state index contributed by atoms with van der Waals surface area (Å²) in [6.45, 7) is 4.90. The van der Waals surface area contributed by atoms with E-state index in [0.29, 0.717) is 26.1 Å². The van der Waals surface area contributed by atoms with Gasteiger partial charge in [-0.2, -0.15) is 0 Å². The molecule has 0 aliphatic carbocycles. The van der Waals surface area contributed by atoms with E-state index in [2.05, 4.69) is 5.32 Å². The van der Waals surface area contributed by atoms with Crippen LogP contribution in [-0.2, 0) is 4.79 Å². The molecule has 0 spiro atoms. The van der Waals surface area contributed by atoms with Crippen LogP contribution in [0.4, 0.5) is 0 Å². The van der Waals surface area contributed by atoms with E-state index in [4.69, 9.17) is 14.2 Å². The number of nitrogens with one attached hydrogen (secondary N) is 1. The highest BCUT2D eigenvalue weighted by Crippen LogP contribution is 2.17. The molecule has 0 heterocycles. The summed E-state index contributed by atoms with van der Waals surface area (Å²) in [7, 11) is 1.63. The van der Waals surface area contributed by atoms with Gasteiger partial charge in [0.15, 0.2) is 0 Å². The highest BCUT2D eigenvalue weighted by atomic mass is 16.5. The Kier molecular flexibility index (Phi) is 7.80. The Morgan fingerprint density at radius 2 is 1.54 bits per heavy atom. The van der Waals surface area contributed by atoms with E-state index in [1.54, 1.807) is 7.11 Å². The molecule has 1 amide bonds. The van der Waals surface area contributed by atoms with Crippen LogP contribution in [0.3, 0.4) is 0 Å². The van der Waals surface area contributed by atoms with Crippen LogP contribution in [0, 0.1) is 6.92 Å². The van der Waals surface area contributed by atoms with Gasteiger partial charge >= 0.3 is 0 Å². The molecule has 1 atom stereocenters. The van der Waals surface area contributed by atoms with Crippen molar-refractivity contribution in [1.29, 1.82) is 0 Å². The first kappa shape index (κ1) is 19.6. The molecule has 5 nitrogen and oxygen atoms in total. The molecule has 0 aliphatic heterocycles. The Balaban J connectivity index is 1.59. The standard InChI is InChI=1S/C21H27NO4/c1-16-6-8-20(9-7-16)26-15-17(2)22-21(23)5-4-14-25-19-12-10-18(24-3)11-13-19/h6-13,17H,4-5,14-15H2,1-3H3,(H,22,23)/t17-/m0/s1. The van der Waals surface area contributed by atoms with Gasteiger partial charge in [0, 0.05) is 6.42 Å². The van der Waals surface area contributed by atoms with Gasteiger partial charge in [-0.1, -0.05) is 17.7 Å². The first-order valence-electron chi connectivity index (χ1n) is 8.82. The molecule has 5 heteroatoms. The van der Waals surface area contributed by atoms with E-state index in [1.807, 2.05) is 62.4 Å². The predicted molar refractivity (Wildman–Crippen MR) is 102 cm³/mol. The third-order valence-electron chi connectivity index (χ3n) is 3.80. The van der Waals surface area contributed by atoms with Crippen molar-refractivity contribution in [2.24, 2.45) is 0 Å². The quantitative estimate of drug-likeness (QED) is 0.658. The van der Waals surface area contributed by atoms with Gasteiger partial charge in [0.05, 0.1) is 19.8 Å². The molecule has 0 radical (unpaired) electrons. The van der Waals surface area contributed by atoms with Gasteiger partial charge in [0.1, 0.15) is 23.9 Å². The van der Waals surface area contributed by atoms with E-state index < -0.39 is 0 Å². The molecule has 0 unspecified atom stereocenters. The Morgan fingerprint density at radius 1 is 0.962 bits per heavy atom. The lowest BCUT2D eigenvalue weighted by atomic mass is 10.2. The molecule has 140 valence electrons. The highest BCUT2D eigenvalue weighted by Gasteiger charge is 2.08. The molecule has 0 saturated heterocycles. The van der Waals surface area contributed by atoms with Crippen molar-refractivity contribution in [3.05, 3.63) is 54.1 Å². The van der Waals surface area contributed by atoms with Gasteiger partial charge in [-0.3, -0.25) is 4.79 Å². The molecule has 2 rings (SSSR count). The van der Waals surface area contributed by atoms with Crippen LogP contribution in [0.2, 0.25) is 0 Å². The molecular formula is C21H27NO4. The Hall–Kier alpha value is -2.69. The zero-order chi connectivity index (χ0) is 18.8. The average molecular weight is 357 g/mol. The zero-order valence-electron chi connectivity index (χ0n) is 15.7. The van der Waals surface area contributed by atoms with Crippen molar-refractivity contribution in [2.75, 3.05) is 20.3 Å². The van der Waals surface area contributed by atoms with Gasteiger partial charge in [0.25, 0.3) is 0 Å². The third kappa shape index (κ3) is 7.05. The van der Waals surface area contributed by atoms with Crippen molar-refractivity contribution >= 4 is 5.91 Å². The minimum absolute atomic E-state index is 0.00309. The summed E-state index contributed by atoms with van der Waals surface area (Å²) in [5.41, 5.74) is 1.19. The summed E-state index contributed by atoms with van der Waals surface area (Å²) < 4.78 is 16.4. The number of rotatable bonds is 10. The Morgan fingerprint density at radius 3 is 2.19 bits per heavy atom. The van der Waals surface area contributed by atoms with Crippen LogP contribution < -0.4 is 19.5 Å². The van der Waals surface area contributed by atoms with Gasteiger partial charge < -0.3 is 19.5 Å². The largest absolute Gasteiger partial charge is 0.497 e. The molecule has 2 aromatic carbocycles. The van der Waals surface area contributed by atoms with Crippen molar-refractivity contribution in [3.63, 3.8) is 0 Å². The zero-order valence-corrected chi connectivity index (χ0v) is 15.7. The van der Waals surface area contributed by atoms with Crippen molar-refractivity contribution in [1.82, 2.24) is 5.32 Å².